The first-order chi connectivity index (χ1) is 15.4. The number of aromatic nitrogens is 4. The Morgan fingerprint density at radius 3 is 2.94 bits per heavy atom. The number of allylic oxidation sites excluding steroid dienone is 3. The monoisotopic (exact) mass is 446 g/mol. The Labute approximate surface area is 188 Å². The molecule has 2 heterocycles. The number of aromatic amines is 1. The minimum atomic E-state index is -0.998. The zero-order chi connectivity index (χ0) is 22.4. The van der Waals surface area contributed by atoms with Gasteiger partial charge in [0.1, 0.15) is 5.76 Å². The average molecular weight is 447 g/mol. The smallest absolute Gasteiger partial charge is 0.336 e. The van der Waals surface area contributed by atoms with Crippen LogP contribution in [-0.4, -0.2) is 30.8 Å². The van der Waals surface area contributed by atoms with Gasteiger partial charge in [0.2, 0.25) is 0 Å². The van der Waals surface area contributed by atoms with Gasteiger partial charge in [-0.15, -0.1) is 0 Å². The Hall–Kier alpha value is -3.84. The number of hydrogen-bond donors (Lipinski definition) is 2. The van der Waals surface area contributed by atoms with E-state index in [1.54, 1.807) is 13.0 Å². The van der Waals surface area contributed by atoms with Crippen molar-refractivity contribution >= 4 is 39.5 Å². The molecule has 2 aromatic heterocycles. The number of ether oxygens (including phenoxy) is 1. The van der Waals surface area contributed by atoms with Gasteiger partial charge in [-0.1, -0.05) is 29.8 Å². The van der Waals surface area contributed by atoms with Gasteiger partial charge in [-0.25, -0.2) is 4.79 Å². The fourth-order valence-electron chi connectivity index (χ4n) is 3.81. The third-order valence-corrected chi connectivity index (χ3v) is 5.79. The first kappa shape index (κ1) is 20.1. The summed E-state index contributed by atoms with van der Waals surface area (Å²) in [6, 6.07) is 10.1. The number of nitrogens with one attached hydrogen (secondary N) is 1. The van der Waals surface area contributed by atoms with Crippen LogP contribution in [0.2, 0.25) is 5.02 Å². The van der Waals surface area contributed by atoms with Gasteiger partial charge in [-0.2, -0.15) is 10.1 Å². The topological polar surface area (TPSA) is 93.0 Å². The van der Waals surface area contributed by atoms with E-state index >= 15 is 0 Å². The number of carboxylic acid groups (broad SMARTS) is 1. The summed E-state index contributed by atoms with van der Waals surface area (Å²) in [7, 11) is 1.91. The molecule has 1 aliphatic rings. The van der Waals surface area contributed by atoms with E-state index in [4.69, 9.17) is 16.3 Å². The summed E-state index contributed by atoms with van der Waals surface area (Å²) >= 11 is 6.59. The molecule has 8 heteroatoms. The Kier molecular flexibility index (Phi) is 4.83. The van der Waals surface area contributed by atoms with Crippen LogP contribution in [0.1, 0.15) is 13.3 Å². The molecule has 0 radical (unpaired) electrons. The Morgan fingerprint density at radius 2 is 2.12 bits per heavy atom. The van der Waals surface area contributed by atoms with Crippen molar-refractivity contribution in [1.82, 2.24) is 19.7 Å². The van der Waals surface area contributed by atoms with E-state index < -0.39 is 5.97 Å². The van der Waals surface area contributed by atoms with Crippen molar-refractivity contribution in [2.75, 3.05) is 0 Å². The van der Waals surface area contributed by atoms with Crippen LogP contribution in [0.5, 0.6) is 6.01 Å². The SMILES string of the molecule is CC1=C(C(=O)O)C=C(Oc2nc3cc(-c4ccc5c(cnn5C)c4)c(Cl)cc3[nH]2)CC=C1. The standard InChI is InChI=1S/C24H19ClN4O3/c1-13-4-3-5-16(9-17(13)23(30)31)32-24-27-20-10-18(19(25)11-21(20)28-24)14-6-7-22-15(8-14)12-26-29(22)2/h3-4,6-12H,5H2,1-2H3,(H,27,28)(H,30,31). The lowest BCUT2D eigenvalue weighted by Crippen LogP contribution is -2.03. The lowest BCUT2D eigenvalue weighted by Gasteiger charge is -2.05. The molecule has 2 N–H and O–H groups in total. The van der Waals surface area contributed by atoms with E-state index in [0.29, 0.717) is 28.3 Å². The third-order valence-electron chi connectivity index (χ3n) is 5.48. The second-order valence-corrected chi connectivity index (χ2v) is 8.06. The predicted molar refractivity (Wildman–Crippen MR) is 124 cm³/mol. The van der Waals surface area contributed by atoms with Crippen molar-refractivity contribution in [2.45, 2.75) is 13.3 Å². The Morgan fingerprint density at radius 1 is 1.28 bits per heavy atom. The fourth-order valence-corrected chi connectivity index (χ4v) is 4.08. The molecule has 32 heavy (non-hydrogen) atoms. The van der Waals surface area contributed by atoms with Crippen molar-refractivity contribution in [1.29, 1.82) is 0 Å². The number of rotatable bonds is 4. The lowest BCUT2D eigenvalue weighted by atomic mass is 10.0. The molecule has 4 aromatic rings. The van der Waals surface area contributed by atoms with Crippen molar-refractivity contribution < 1.29 is 14.6 Å². The number of nitrogens with zero attached hydrogens (tertiary/aromatic N) is 3. The van der Waals surface area contributed by atoms with Gasteiger partial charge in [0, 0.05) is 24.4 Å². The summed E-state index contributed by atoms with van der Waals surface area (Å²) in [5.74, 6) is -0.510. The number of aryl methyl sites for hydroxylation is 1. The molecule has 0 saturated carbocycles. The molecule has 7 nitrogen and oxygen atoms in total. The number of carbonyl (C=O) groups is 1. The number of carboxylic acids is 1. The van der Waals surface area contributed by atoms with Crippen LogP contribution in [0.15, 0.2) is 71.7 Å². The second-order valence-electron chi connectivity index (χ2n) is 7.65. The second kappa shape index (κ2) is 7.69. The van der Waals surface area contributed by atoms with Crippen molar-refractivity contribution in [3.05, 3.63) is 76.7 Å². The normalized spacial score (nSPS) is 14.2. The first-order valence-electron chi connectivity index (χ1n) is 9.99. The molecule has 0 atom stereocenters. The summed E-state index contributed by atoms with van der Waals surface area (Å²) in [6.07, 6.45) is 7.46. The van der Waals surface area contributed by atoms with Crippen LogP contribution in [0.3, 0.4) is 0 Å². The summed E-state index contributed by atoms with van der Waals surface area (Å²) in [5, 5.41) is 15.3. The average Bonchev–Trinajstić information content (AvgIpc) is 3.26. The predicted octanol–water partition coefficient (Wildman–Crippen LogP) is 5.39. The van der Waals surface area contributed by atoms with Gasteiger partial charge in [0.25, 0.3) is 6.01 Å². The van der Waals surface area contributed by atoms with Crippen LogP contribution < -0.4 is 4.74 Å². The van der Waals surface area contributed by atoms with E-state index in [1.165, 1.54) is 6.08 Å². The highest BCUT2D eigenvalue weighted by atomic mass is 35.5. The molecule has 0 bridgehead atoms. The maximum atomic E-state index is 11.5. The minimum absolute atomic E-state index is 0.195. The van der Waals surface area contributed by atoms with E-state index in [-0.39, 0.29) is 11.6 Å². The van der Waals surface area contributed by atoms with Gasteiger partial charge < -0.3 is 14.8 Å². The molecule has 5 rings (SSSR count). The van der Waals surface area contributed by atoms with Crippen molar-refractivity contribution in [3.63, 3.8) is 0 Å². The molecule has 0 aliphatic heterocycles. The number of benzene rings is 2. The molecule has 0 saturated heterocycles. The number of fused-ring (bicyclic) bond motifs is 2. The van der Waals surface area contributed by atoms with Gasteiger partial charge in [-0.3, -0.25) is 4.68 Å². The number of hydrogen-bond acceptors (Lipinski definition) is 4. The molecule has 0 amide bonds. The van der Waals surface area contributed by atoms with E-state index in [1.807, 2.05) is 54.3 Å². The summed E-state index contributed by atoms with van der Waals surface area (Å²) < 4.78 is 7.71. The maximum Gasteiger partial charge on any atom is 0.336 e. The van der Waals surface area contributed by atoms with Gasteiger partial charge in [0.15, 0.2) is 0 Å². The first-order valence-corrected chi connectivity index (χ1v) is 10.4. The summed E-state index contributed by atoms with van der Waals surface area (Å²) in [6.45, 7) is 1.76. The van der Waals surface area contributed by atoms with E-state index in [0.717, 1.165) is 27.5 Å². The van der Waals surface area contributed by atoms with E-state index in [9.17, 15) is 9.90 Å². The number of imidazole rings is 1. The largest absolute Gasteiger partial charge is 0.478 e. The number of aliphatic carboxylic acids is 1. The summed E-state index contributed by atoms with van der Waals surface area (Å²) in [5.41, 5.74) is 5.14. The van der Waals surface area contributed by atoms with Gasteiger partial charge in [0.05, 0.1) is 33.3 Å². The molecule has 160 valence electrons. The molecule has 1 aliphatic carbocycles. The highest BCUT2D eigenvalue weighted by molar-refractivity contribution is 6.34. The Bertz CT molecular complexity index is 1490. The van der Waals surface area contributed by atoms with Crippen LogP contribution in [0.25, 0.3) is 33.1 Å². The van der Waals surface area contributed by atoms with Crippen LogP contribution in [0.4, 0.5) is 0 Å². The summed E-state index contributed by atoms with van der Waals surface area (Å²) in [4.78, 5) is 19.2. The fraction of sp³-hybridized carbons (Fsp3) is 0.125. The van der Waals surface area contributed by atoms with Crippen molar-refractivity contribution in [3.8, 4) is 17.1 Å². The zero-order valence-corrected chi connectivity index (χ0v) is 18.1. The third kappa shape index (κ3) is 3.56. The van der Waals surface area contributed by atoms with Gasteiger partial charge in [-0.05, 0) is 48.4 Å². The van der Waals surface area contributed by atoms with Gasteiger partial charge >= 0.3 is 5.97 Å². The number of halogens is 1. The molecule has 0 fully saturated rings. The number of H-pyrrole nitrogens is 1. The van der Waals surface area contributed by atoms with Crippen LogP contribution >= 0.6 is 11.6 Å². The quantitative estimate of drug-likeness (QED) is 0.438. The highest BCUT2D eigenvalue weighted by Crippen LogP contribution is 2.34. The van der Waals surface area contributed by atoms with Crippen LogP contribution in [0, 0.1) is 0 Å². The Balaban J connectivity index is 1.50. The molecule has 2 aromatic carbocycles. The molecule has 0 unspecified atom stereocenters. The lowest BCUT2D eigenvalue weighted by molar-refractivity contribution is -0.132. The van der Waals surface area contributed by atoms with E-state index in [2.05, 4.69) is 15.1 Å². The maximum absolute atomic E-state index is 11.5. The zero-order valence-electron chi connectivity index (χ0n) is 17.4. The minimum Gasteiger partial charge on any atom is -0.478 e. The molecule has 0 spiro atoms. The van der Waals surface area contributed by atoms with Crippen molar-refractivity contribution in [2.24, 2.45) is 7.05 Å². The van der Waals surface area contributed by atoms with Crippen LogP contribution in [-0.2, 0) is 11.8 Å². The molecular formula is C24H19ClN4O3. The highest BCUT2D eigenvalue weighted by Gasteiger charge is 2.15. The molecular weight excluding hydrogens is 428 g/mol.